The third-order valence-corrected chi connectivity index (χ3v) is 6.81. The van der Waals surface area contributed by atoms with E-state index in [1.807, 2.05) is 16.8 Å². The Bertz CT molecular complexity index is 676. The molecule has 1 aromatic heterocycles. The van der Waals surface area contributed by atoms with Gasteiger partial charge >= 0.3 is 0 Å². The average molecular weight is 389 g/mol. The van der Waals surface area contributed by atoms with Crippen LogP contribution in [0.3, 0.4) is 0 Å². The molecule has 25 heavy (non-hydrogen) atoms. The molecule has 140 valence electrons. The molecule has 1 N–H and O–H groups in total. The van der Waals surface area contributed by atoms with Crippen LogP contribution in [0.1, 0.15) is 12.0 Å². The lowest BCUT2D eigenvalue weighted by molar-refractivity contribution is -0.134. The molecule has 1 saturated heterocycles. The lowest BCUT2D eigenvalue weighted by atomic mass is 10.1. The third kappa shape index (κ3) is 5.00. The van der Waals surface area contributed by atoms with Crippen molar-refractivity contribution in [2.45, 2.75) is 18.9 Å². The molecule has 8 nitrogen and oxygen atoms in total. The van der Waals surface area contributed by atoms with Gasteiger partial charge in [-0.2, -0.15) is 28.4 Å². The number of amides is 2. The SMILES string of the molecule is CN(C)S(=O)(=O)N1CCCN(C(=O)C(Cc2ccsc2)NC=O)CC1. The zero-order valence-corrected chi connectivity index (χ0v) is 16.1. The molecular formula is C15H24N4O4S2. The van der Waals surface area contributed by atoms with Crippen LogP contribution in [0.5, 0.6) is 0 Å². The highest BCUT2D eigenvalue weighted by Gasteiger charge is 2.30. The highest BCUT2D eigenvalue weighted by molar-refractivity contribution is 7.86. The van der Waals surface area contributed by atoms with Gasteiger partial charge in [0.25, 0.3) is 10.2 Å². The Morgan fingerprint density at radius 2 is 2.12 bits per heavy atom. The van der Waals surface area contributed by atoms with Crippen molar-refractivity contribution in [3.8, 4) is 0 Å². The van der Waals surface area contributed by atoms with Gasteiger partial charge in [0, 0.05) is 46.7 Å². The Labute approximate surface area is 152 Å². The zero-order valence-electron chi connectivity index (χ0n) is 14.4. The molecule has 0 aromatic carbocycles. The van der Waals surface area contributed by atoms with Gasteiger partial charge in [0.05, 0.1) is 0 Å². The summed E-state index contributed by atoms with van der Waals surface area (Å²) < 4.78 is 27.1. The Morgan fingerprint density at radius 3 is 2.72 bits per heavy atom. The number of hydrogen-bond acceptors (Lipinski definition) is 5. The summed E-state index contributed by atoms with van der Waals surface area (Å²) in [5, 5.41) is 6.46. The number of nitrogens with one attached hydrogen (secondary N) is 1. The van der Waals surface area contributed by atoms with Crippen LogP contribution in [0.2, 0.25) is 0 Å². The molecule has 1 aromatic rings. The second-order valence-electron chi connectivity index (χ2n) is 6.04. The predicted molar refractivity (Wildman–Crippen MR) is 96.4 cm³/mol. The lowest BCUT2D eigenvalue weighted by Gasteiger charge is -2.26. The minimum absolute atomic E-state index is 0.178. The van der Waals surface area contributed by atoms with E-state index in [0.29, 0.717) is 38.9 Å². The predicted octanol–water partition coefficient (Wildman–Crippen LogP) is -0.254. The average Bonchev–Trinajstić information content (AvgIpc) is 2.94. The molecule has 1 atom stereocenters. The second-order valence-corrected chi connectivity index (χ2v) is 8.96. The number of thiophene rings is 1. The van der Waals surface area contributed by atoms with Crippen LogP contribution in [0.25, 0.3) is 0 Å². The quantitative estimate of drug-likeness (QED) is 0.652. The summed E-state index contributed by atoms with van der Waals surface area (Å²) in [6.45, 7) is 1.41. The first kappa shape index (κ1) is 19.8. The van der Waals surface area contributed by atoms with E-state index in [1.165, 1.54) is 34.0 Å². The molecule has 0 radical (unpaired) electrons. The van der Waals surface area contributed by atoms with Gasteiger partial charge in [-0.15, -0.1) is 0 Å². The largest absolute Gasteiger partial charge is 0.347 e. The normalized spacial score (nSPS) is 18.0. The van der Waals surface area contributed by atoms with E-state index in [-0.39, 0.29) is 12.5 Å². The van der Waals surface area contributed by atoms with Gasteiger partial charge in [0.2, 0.25) is 12.3 Å². The Hall–Kier alpha value is -1.49. The van der Waals surface area contributed by atoms with Crippen molar-refractivity contribution in [2.75, 3.05) is 40.3 Å². The van der Waals surface area contributed by atoms with Crippen LogP contribution in [0, 0.1) is 0 Å². The van der Waals surface area contributed by atoms with E-state index in [1.54, 1.807) is 4.90 Å². The summed E-state index contributed by atoms with van der Waals surface area (Å²) in [6, 6.07) is 1.29. The maximum atomic E-state index is 12.8. The molecule has 0 bridgehead atoms. The standard InChI is InChI=1S/C15H24N4O4S2/c1-17(2)25(22,23)19-6-3-5-18(7-8-19)15(21)14(16-12-20)10-13-4-9-24-11-13/h4,9,11-12,14H,3,5-8,10H2,1-2H3,(H,16,20). The Morgan fingerprint density at radius 1 is 1.36 bits per heavy atom. The van der Waals surface area contributed by atoms with Gasteiger partial charge in [-0.05, 0) is 28.8 Å². The van der Waals surface area contributed by atoms with Crippen molar-refractivity contribution in [1.29, 1.82) is 0 Å². The van der Waals surface area contributed by atoms with Crippen LogP contribution in [0.15, 0.2) is 16.8 Å². The first-order valence-corrected chi connectivity index (χ1v) is 10.4. The molecule has 10 heteroatoms. The fourth-order valence-corrected chi connectivity index (χ4v) is 4.56. The lowest BCUT2D eigenvalue weighted by Crippen LogP contribution is -2.49. The van der Waals surface area contributed by atoms with Crippen LogP contribution < -0.4 is 5.32 Å². The molecule has 0 spiro atoms. The van der Waals surface area contributed by atoms with E-state index in [2.05, 4.69) is 5.32 Å². The number of nitrogens with zero attached hydrogens (tertiary/aromatic N) is 3. The summed E-state index contributed by atoms with van der Waals surface area (Å²) in [4.78, 5) is 25.3. The van der Waals surface area contributed by atoms with Gasteiger partial charge in [0.15, 0.2) is 0 Å². The van der Waals surface area contributed by atoms with Crippen molar-refractivity contribution in [3.05, 3.63) is 22.4 Å². The summed E-state index contributed by atoms with van der Waals surface area (Å²) in [5.74, 6) is -0.178. The molecule has 0 saturated carbocycles. The molecule has 1 fully saturated rings. The van der Waals surface area contributed by atoms with E-state index >= 15 is 0 Å². The molecule has 1 aliphatic rings. The number of carbonyl (C=O) groups is 2. The Kier molecular flexibility index (Phi) is 6.94. The van der Waals surface area contributed by atoms with Crippen LogP contribution in [-0.4, -0.2) is 80.6 Å². The summed E-state index contributed by atoms with van der Waals surface area (Å²) in [7, 11) is -0.497. The molecule has 1 unspecified atom stereocenters. The summed E-state index contributed by atoms with van der Waals surface area (Å²) in [5.41, 5.74) is 0.990. The number of rotatable bonds is 7. The third-order valence-electron chi connectivity index (χ3n) is 4.14. The zero-order chi connectivity index (χ0) is 18.4. The fraction of sp³-hybridized carbons (Fsp3) is 0.600. The van der Waals surface area contributed by atoms with Crippen molar-refractivity contribution >= 4 is 33.9 Å². The summed E-state index contributed by atoms with van der Waals surface area (Å²) >= 11 is 1.54. The highest BCUT2D eigenvalue weighted by Crippen LogP contribution is 2.14. The van der Waals surface area contributed by atoms with E-state index < -0.39 is 16.3 Å². The van der Waals surface area contributed by atoms with E-state index in [0.717, 1.165) is 5.56 Å². The second kappa shape index (κ2) is 8.75. The maximum absolute atomic E-state index is 12.8. The van der Waals surface area contributed by atoms with Gasteiger partial charge in [-0.25, -0.2) is 0 Å². The van der Waals surface area contributed by atoms with Crippen LogP contribution in [0.4, 0.5) is 0 Å². The topological polar surface area (TPSA) is 90.0 Å². The van der Waals surface area contributed by atoms with Crippen molar-refractivity contribution in [3.63, 3.8) is 0 Å². The van der Waals surface area contributed by atoms with Gasteiger partial charge in [-0.3, -0.25) is 9.59 Å². The first-order valence-electron chi connectivity index (χ1n) is 8.03. The van der Waals surface area contributed by atoms with Crippen molar-refractivity contribution in [2.24, 2.45) is 0 Å². The number of carbonyl (C=O) groups excluding carboxylic acids is 2. The smallest absolute Gasteiger partial charge is 0.281 e. The van der Waals surface area contributed by atoms with Gasteiger partial charge < -0.3 is 10.2 Å². The number of hydrogen-bond donors (Lipinski definition) is 1. The summed E-state index contributed by atoms with van der Waals surface area (Å²) in [6.07, 6.45) is 1.53. The maximum Gasteiger partial charge on any atom is 0.281 e. The van der Waals surface area contributed by atoms with Crippen molar-refractivity contribution < 1.29 is 18.0 Å². The minimum atomic E-state index is -3.49. The van der Waals surface area contributed by atoms with E-state index in [4.69, 9.17) is 0 Å². The van der Waals surface area contributed by atoms with Gasteiger partial charge in [0.1, 0.15) is 6.04 Å². The van der Waals surface area contributed by atoms with Gasteiger partial charge in [-0.1, -0.05) is 0 Å². The van der Waals surface area contributed by atoms with Crippen molar-refractivity contribution in [1.82, 2.24) is 18.8 Å². The highest BCUT2D eigenvalue weighted by atomic mass is 32.2. The molecular weight excluding hydrogens is 364 g/mol. The van der Waals surface area contributed by atoms with E-state index in [9.17, 15) is 18.0 Å². The molecule has 2 amide bonds. The first-order chi connectivity index (χ1) is 11.9. The van der Waals surface area contributed by atoms with Crippen LogP contribution >= 0.6 is 11.3 Å². The molecule has 1 aliphatic heterocycles. The monoisotopic (exact) mass is 388 g/mol. The Balaban J connectivity index is 2.04. The molecule has 2 rings (SSSR count). The molecule has 0 aliphatic carbocycles. The van der Waals surface area contributed by atoms with Crippen LogP contribution in [-0.2, 0) is 26.2 Å². The minimum Gasteiger partial charge on any atom is -0.347 e. The molecule has 2 heterocycles. The fourth-order valence-electron chi connectivity index (χ4n) is 2.74.